The molecule has 0 radical (unpaired) electrons. The largest absolute Gasteiger partial charge is 0.484 e. The molecule has 2 aromatic carbocycles. The van der Waals surface area contributed by atoms with Crippen LogP contribution in [0.4, 0.5) is 11.4 Å². The molecule has 0 aromatic heterocycles. The molecular formula is C26H36N4O2. The van der Waals surface area contributed by atoms with Crippen molar-refractivity contribution in [1.82, 2.24) is 5.43 Å². The molecule has 172 valence electrons. The van der Waals surface area contributed by atoms with E-state index in [0.29, 0.717) is 11.7 Å². The first kappa shape index (κ1) is 23.6. The summed E-state index contributed by atoms with van der Waals surface area (Å²) < 4.78 is 5.59. The number of hydrazone groups is 1. The lowest BCUT2D eigenvalue weighted by Gasteiger charge is -2.47. The molecule has 1 unspecified atom stereocenters. The number of carbonyl (C=O) groups is 1. The van der Waals surface area contributed by atoms with E-state index >= 15 is 0 Å². The summed E-state index contributed by atoms with van der Waals surface area (Å²) in [7, 11) is 3.92. The van der Waals surface area contributed by atoms with E-state index in [1.165, 1.54) is 11.3 Å². The third kappa shape index (κ3) is 5.61. The molecule has 1 amide bonds. The quantitative estimate of drug-likeness (QED) is 0.478. The van der Waals surface area contributed by atoms with E-state index in [1.807, 2.05) is 43.3 Å². The first-order chi connectivity index (χ1) is 15.2. The van der Waals surface area contributed by atoms with Crippen molar-refractivity contribution in [2.75, 3.05) is 37.0 Å². The number of hydrogen-bond acceptors (Lipinski definition) is 5. The highest BCUT2D eigenvalue weighted by Crippen LogP contribution is 2.43. The molecule has 0 aliphatic carbocycles. The maximum Gasteiger partial charge on any atom is 0.277 e. The summed E-state index contributed by atoms with van der Waals surface area (Å²) in [5.74, 6) is 0.833. The normalized spacial score (nSPS) is 17.2. The Kier molecular flexibility index (Phi) is 7.44. The number of benzene rings is 2. The minimum Gasteiger partial charge on any atom is -0.484 e. The Morgan fingerprint density at radius 1 is 1.28 bits per heavy atom. The molecule has 1 N–H and O–H groups in total. The van der Waals surface area contributed by atoms with Gasteiger partial charge < -0.3 is 14.5 Å². The molecule has 0 bridgehead atoms. The van der Waals surface area contributed by atoms with Crippen LogP contribution >= 0.6 is 0 Å². The van der Waals surface area contributed by atoms with Gasteiger partial charge in [0, 0.05) is 43.6 Å². The van der Waals surface area contributed by atoms with Gasteiger partial charge in [-0.05, 0) is 68.0 Å². The van der Waals surface area contributed by atoms with Crippen LogP contribution in [0, 0.1) is 0 Å². The second-order valence-corrected chi connectivity index (χ2v) is 9.36. The molecule has 0 saturated heterocycles. The summed E-state index contributed by atoms with van der Waals surface area (Å²) in [4.78, 5) is 16.6. The number of carbonyl (C=O) groups excluding carboxylic acids is 1. The second-order valence-electron chi connectivity index (χ2n) is 9.36. The summed E-state index contributed by atoms with van der Waals surface area (Å²) in [6, 6.07) is 14.1. The first-order valence-corrected chi connectivity index (χ1v) is 11.3. The van der Waals surface area contributed by atoms with E-state index in [-0.39, 0.29) is 18.1 Å². The van der Waals surface area contributed by atoms with Gasteiger partial charge in [-0.1, -0.05) is 26.0 Å². The molecule has 1 heterocycles. The number of nitrogens with zero attached hydrogens (tertiary/aromatic N) is 3. The maximum atomic E-state index is 12.1. The molecule has 6 heteroatoms. The Hall–Kier alpha value is -3.02. The summed E-state index contributed by atoms with van der Waals surface area (Å²) >= 11 is 0. The molecule has 1 atom stereocenters. The van der Waals surface area contributed by atoms with Crippen LogP contribution in [0.1, 0.15) is 57.6 Å². The first-order valence-electron chi connectivity index (χ1n) is 11.3. The lowest BCUT2D eigenvalue weighted by atomic mass is 9.79. The average Bonchev–Trinajstić information content (AvgIpc) is 2.75. The molecule has 0 saturated carbocycles. The van der Waals surface area contributed by atoms with Crippen molar-refractivity contribution >= 4 is 23.5 Å². The lowest BCUT2D eigenvalue weighted by molar-refractivity contribution is -0.123. The van der Waals surface area contributed by atoms with E-state index in [9.17, 15) is 4.79 Å². The van der Waals surface area contributed by atoms with Crippen molar-refractivity contribution in [2.45, 2.75) is 52.0 Å². The van der Waals surface area contributed by atoms with Gasteiger partial charge in [-0.3, -0.25) is 4.79 Å². The topological polar surface area (TPSA) is 57.2 Å². The van der Waals surface area contributed by atoms with Crippen molar-refractivity contribution in [3.8, 4) is 5.75 Å². The Morgan fingerprint density at radius 2 is 2.06 bits per heavy atom. The fourth-order valence-corrected chi connectivity index (χ4v) is 4.45. The third-order valence-corrected chi connectivity index (χ3v) is 5.96. The number of nitrogens with one attached hydrogen (secondary N) is 1. The van der Waals surface area contributed by atoms with Gasteiger partial charge in [-0.15, -0.1) is 0 Å². The van der Waals surface area contributed by atoms with Gasteiger partial charge >= 0.3 is 0 Å². The Labute approximate surface area is 192 Å². The maximum absolute atomic E-state index is 12.1. The highest BCUT2D eigenvalue weighted by atomic mass is 16.5. The predicted molar refractivity (Wildman–Crippen MR) is 133 cm³/mol. The highest BCUT2D eigenvalue weighted by Gasteiger charge is 2.35. The molecule has 1 aliphatic rings. The fourth-order valence-electron chi connectivity index (χ4n) is 4.45. The zero-order chi connectivity index (χ0) is 23.3. The van der Waals surface area contributed by atoms with Gasteiger partial charge in [0.15, 0.2) is 6.61 Å². The van der Waals surface area contributed by atoms with Crippen molar-refractivity contribution < 1.29 is 9.53 Å². The van der Waals surface area contributed by atoms with E-state index in [1.54, 1.807) is 6.21 Å². The summed E-state index contributed by atoms with van der Waals surface area (Å²) in [5.41, 5.74) is 7.36. The van der Waals surface area contributed by atoms with Gasteiger partial charge in [-0.2, -0.15) is 5.10 Å². The van der Waals surface area contributed by atoms with Crippen LogP contribution < -0.4 is 20.0 Å². The van der Waals surface area contributed by atoms with Crippen LogP contribution in [0.5, 0.6) is 5.75 Å². The minimum absolute atomic E-state index is 0.0868. The monoisotopic (exact) mass is 436 g/mol. The zero-order valence-electron chi connectivity index (χ0n) is 20.2. The smallest absolute Gasteiger partial charge is 0.277 e. The van der Waals surface area contributed by atoms with Crippen LogP contribution in [0.2, 0.25) is 0 Å². The molecule has 32 heavy (non-hydrogen) atoms. The minimum atomic E-state index is -0.293. The number of ether oxygens (including phenoxy) is 1. The number of fused-ring (bicyclic) bond motifs is 1. The predicted octanol–water partition coefficient (Wildman–Crippen LogP) is 4.78. The molecule has 3 rings (SSSR count). The molecule has 0 spiro atoms. The van der Waals surface area contributed by atoms with Crippen LogP contribution in [-0.4, -0.2) is 44.9 Å². The van der Waals surface area contributed by atoms with Gasteiger partial charge in [-0.25, -0.2) is 5.43 Å². The fraction of sp³-hybridized carbons (Fsp3) is 0.462. The van der Waals surface area contributed by atoms with Crippen LogP contribution in [-0.2, 0) is 4.79 Å². The van der Waals surface area contributed by atoms with Crippen molar-refractivity contribution in [1.29, 1.82) is 0 Å². The van der Waals surface area contributed by atoms with Crippen molar-refractivity contribution in [2.24, 2.45) is 5.10 Å². The molecule has 1 aliphatic heterocycles. The second kappa shape index (κ2) is 10.1. The summed E-state index contributed by atoms with van der Waals surface area (Å²) in [6.45, 7) is 10.1. The number of hydrogen-bond donors (Lipinski definition) is 1. The Balaban J connectivity index is 1.61. The highest BCUT2D eigenvalue weighted by molar-refractivity contribution is 5.84. The SMILES string of the molecule is CCCN1c2ccc(/C=N/NC(=O)COc3cccc(N(C)C)c3)cc2C(C)CC1(C)C. The summed E-state index contributed by atoms with van der Waals surface area (Å²) in [5, 5.41) is 4.13. The van der Waals surface area contributed by atoms with Crippen molar-refractivity contribution in [3.05, 3.63) is 53.6 Å². The van der Waals surface area contributed by atoms with Gasteiger partial charge in [0.25, 0.3) is 5.91 Å². The van der Waals surface area contributed by atoms with Gasteiger partial charge in [0.1, 0.15) is 5.75 Å². The molecule has 0 fully saturated rings. The van der Waals surface area contributed by atoms with Crippen LogP contribution in [0.15, 0.2) is 47.6 Å². The number of anilines is 2. The number of amides is 1. The van der Waals surface area contributed by atoms with E-state index in [4.69, 9.17) is 4.74 Å². The van der Waals surface area contributed by atoms with E-state index < -0.39 is 0 Å². The molecule has 2 aromatic rings. The summed E-state index contributed by atoms with van der Waals surface area (Å²) in [6.07, 6.45) is 3.93. The lowest BCUT2D eigenvalue weighted by Crippen LogP contribution is -2.48. The van der Waals surface area contributed by atoms with E-state index in [0.717, 1.165) is 30.6 Å². The Bertz CT molecular complexity index is 968. The van der Waals surface area contributed by atoms with Crippen LogP contribution in [0.25, 0.3) is 0 Å². The zero-order valence-corrected chi connectivity index (χ0v) is 20.2. The standard InChI is InChI=1S/C26H36N4O2/c1-7-13-30-24-12-11-20(14-23(24)19(2)16-26(30,3)4)17-27-28-25(31)18-32-22-10-8-9-21(15-22)29(5)6/h8-12,14-15,17,19H,7,13,16,18H2,1-6H3,(H,28,31)/b27-17+. The number of rotatable bonds is 8. The van der Waals surface area contributed by atoms with Crippen molar-refractivity contribution in [3.63, 3.8) is 0 Å². The van der Waals surface area contributed by atoms with Gasteiger partial charge in [0.05, 0.1) is 6.21 Å². The third-order valence-electron chi connectivity index (χ3n) is 5.96. The molecular weight excluding hydrogens is 400 g/mol. The molecule has 6 nitrogen and oxygen atoms in total. The Morgan fingerprint density at radius 3 is 2.78 bits per heavy atom. The van der Waals surface area contributed by atoms with Gasteiger partial charge in [0.2, 0.25) is 0 Å². The average molecular weight is 437 g/mol. The van der Waals surface area contributed by atoms with Crippen LogP contribution in [0.3, 0.4) is 0 Å². The van der Waals surface area contributed by atoms with E-state index in [2.05, 4.69) is 61.3 Å².